The maximum Gasteiger partial charge on any atom is 0.142 e. The van der Waals surface area contributed by atoms with E-state index in [-0.39, 0.29) is 6.61 Å². The van der Waals surface area contributed by atoms with Crippen LogP contribution in [0.2, 0.25) is 0 Å². The second kappa shape index (κ2) is 5.89. The van der Waals surface area contributed by atoms with Gasteiger partial charge in [0.2, 0.25) is 0 Å². The van der Waals surface area contributed by atoms with E-state index in [1.807, 2.05) is 30.3 Å². The lowest BCUT2D eigenvalue weighted by Crippen LogP contribution is -1.99. The summed E-state index contributed by atoms with van der Waals surface area (Å²) in [6.45, 7) is 0.422. The van der Waals surface area contributed by atoms with Crippen molar-refractivity contribution in [2.45, 2.75) is 13.2 Å². The largest absolute Gasteiger partial charge is 0.487 e. The summed E-state index contributed by atoms with van der Waals surface area (Å²) in [6.07, 6.45) is 0. The molecule has 0 aliphatic rings. The van der Waals surface area contributed by atoms with Crippen LogP contribution in [0.1, 0.15) is 16.7 Å². The van der Waals surface area contributed by atoms with Crippen LogP contribution in [0, 0.1) is 11.3 Å². The van der Waals surface area contributed by atoms with Crippen LogP contribution in [0.15, 0.2) is 42.5 Å². The van der Waals surface area contributed by atoms with Crippen LogP contribution < -0.4 is 10.5 Å². The molecule has 2 aromatic carbocycles. The summed E-state index contributed by atoms with van der Waals surface area (Å²) >= 11 is 0. The molecule has 0 amide bonds. The van der Waals surface area contributed by atoms with Crippen LogP contribution >= 0.6 is 0 Å². The topological polar surface area (TPSA) is 79.3 Å². The highest BCUT2D eigenvalue weighted by Gasteiger charge is 2.02. The van der Waals surface area contributed by atoms with Gasteiger partial charge in [-0.3, -0.25) is 0 Å². The number of nitrogens with two attached hydrogens (primary N) is 1. The Hall–Kier alpha value is -2.51. The molecule has 3 N–H and O–H groups in total. The normalized spacial score (nSPS) is 9.89. The third-order valence-electron chi connectivity index (χ3n) is 2.74. The molecule has 4 heteroatoms. The summed E-state index contributed by atoms with van der Waals surface area (Å²) in [5.74, 6) is 0.560. The van der Waals surface area contributed by atoms with Crippen LogP contribution in [0.4, 0.5) is 5.69 Å². The molecule has 4 nitrogen and oxygen atoms in total. The van der Waals surface area contributed by atoms with Crippen LogP contribution in [-0.2, 0) is 13.2 Å². The van der Waals surface area contributed by atoms with Gasteiger partial charge in [0.25, 0.3) is 0 Å². The number of hydrogen-bond acceptors (Lipinski definition) is 4. The minimum absolute atomic E-state index is 0.0315. The Kier molecular flexibility index (Phi) is 4.01. The first-order chi connectivity index (χ1) is 9.22. The zero-order chi connectivity index (χ0) is 13.7. The molecule has 0 bridgehead atoms. The highest BCUT2D eigenvalue weighted by atomic mass is 16.5. The lowest BCUT2D eigenvalue weighted by atomic mass is 10.1. The summed E-state index contributed by atoms with van der Waals surface area (Å²) in [5.41, 5.74) is 8.61. The molecule has 0 atom stereocenters. The molecule has 0 aromatic heterocycles. The second-order valence-electron chi connectivity index (χ2n) is 4.13. The lowest BCUT2D eigenvalue weighted by molar-refractivity contribution is 0.281. The van der Waals surface area contributed by atoms with Gasteiger partial charge in [-0.1, -0.05) is 24.3 Å². The van der Waals surface area contributed by atoms with E-state index in [1.165, 1.54) is 0 Å². The van der Waals surface area contributed by atoms with E-state index in [4.69, 9.17) is 20.8 Å². The van der Waals surface area contributed by atoms with Gasteiger partial charge < -0.3 is 15.6 Å². The van der Waals surface area contributed by atoms with E-state index in [2.05, 4.69) is 0 Å². The van der Waals surface area contributed by atoms with E-state index in [1.54, 1.807) is 18.2 Å². The molecule has 0 fully saturated rings. The number of nitriles is 1. The Labute approximate surface area is 111 Å². The van der Waals surface area contributed by atoms with Crippen molar-refractivity contribution >= 4 is 5.69 Å². The number of nitrogens with zero attached hydrogens (tertiary/aromatic N) is 1. The van der Waals surface area contributed by atoms with Crippen molar-refractivity contribution in [3.05, 3.63) is 59.2 Å². The number of ether oxygens (including phenoxy) is 1. The number of hydrogen-bond donors (Lipinski definition) is 2. The first-order valence-electron chi connectivity index (χ1n) is 5.84. The van der Waals surface area contributed by atoms with Gasteiger partial charge in [0.15, 0.2) is 0 Å². The van der Waals surface area contributed by atoms with Crippen LogP contribution in [-0.4, -0.2) is 5.11 Å². The predicted molar refractivity (Wildman–Crippen MR) is 72.3 cm³/mol. The summed E-state index contributed by atoms with van der Waals surface area (Å²) < 4.78 is 5.60. The molecule has 0 aliphatic carbocycles. The minimum atomic E-state index is 0.0315. The first-order valence-corrected chi connectivity index (χ1v) is 5.84. The zero-order valence-electron chi connectivity index (χ0n) is 10.3. The Morgan fingerprint density at radius 1 is 1.11 bits per heavy atom. The number of aliphatic hydroxyl groups is 1. The van der Waals surface area contributed by atoms with Crippen molar-refractivity contribution in [1.29, 1.82) is 5.26 Å². The van der Waals surface area contributed by atoms with E-state index < -0.39 is 0 Å². The van der Waals surface area contributed by atoms with Crippen molar-refractivity contribution in [3.63, 3.8) is 0 Å². The molecule has 19 heavy (non-hydrogen) atoms. The Morgan fingerprint density at radius 2 is 1.79 bits per heavy atom. The lowest BCUT2D eigenvalue weighted by Gasteiger charge is -2.09. The molecular formula is C15H14N2O2. The highest BCUT2D eigenvalue weighted by Crippen LogP contribution is 2.23. The van der Waals surface area contributed by atoms with E-state index in [0.29, 0.717) is 23.6 Å². The van der Waals surface area contributed by atoms with E-state index in [0.717, 1.165) is 11.1 Å². The van der Waals surface area contributed by atoms with Gasteiger partial charge in [-0.15, -0.1) is 0 Å². The smallest absolute Gasteiger partial charge is 0.142 e. The third kappa shape index (κ3) is 3.24. The van der Waals surface area contributed by atoms with Crippen LogP contribution in [0.25, 0.3) is 0 Å². The number of aliphatic hydroxyl groups excluding tert-OH is 1. The fourth-order valence-corrected chi connectivity index (χ4v) is 1.65. The summed E-state index contributed by atoms with van der Waals surface area (Å²) in [6, 6.07) is 14.5. The number of anilines is 1. The van der Waals surface area contributed by atoms with Crippen LogP contribution in [0.3, 0.4) is 0 Å². The highest BCUT2D eigenvalue weighted by molar-refractivity contribution is 5.56. The summed E-state index contributed by atoms with van der Waals surface area (Å²) in [7, 11) is 0. The molecule has 0 saturated heterocycles. The molecule has 2 aromatic rings. The standard InChI is InChI=1S/C15H14N2O2/c16-8-13-5-6-15(14(17)7-13)19-10-12-3-1-11(9-18)2-4-12/h1-7,18H,9-10,17H2. The summed E-state index contributed by atoms with van der Waals surface area (Å²) in [4.78, 5) is 0. The number of benzene rings is 2. The van der Waals surface area contributed by atoms with Gasteiger partial charge in [0.1, 0.15) is 12.4 Å². The minimum Gasteiger partial charge on any atom is -0.487 e. The van der Waals surface area contributed by atoms with Crippen molar-refractivity contribution in [2.75, 3.05) is 5.73 Å². The average Bonchev–Trinajstić information content (AvgIpc) is 2.46. The monoisotopic (exact) mass is 254 g/mol. The predicted octanol–water partition coefficient (Wildman–Crippen LogP) is 2.21. The SMILES string of the molecule is N#Cc1ccc(OCc2ccc(CO)cc2)c(N)c1. The quantitative estimate of drug-likeness (QED) is 0.820. The van der Waals surface area contributed by atoms with Gasteiger partial charge in [-0.25, -0.2) is 0 Å². The molecule has 0 unspecified atom stereocenters. The zero-order valence-corrected chi connectivity index (χ0v) is 10.3. The Balaban J connectivity index is 2.04. The van der Waals surface area contributed by atoms with Crippen LogP contribution in [0.5, 0.6) is 5.75 Å². The second-order valence-corrected chi connectivity index (χ2v) is 4.13. The van der Waals surface area contributed by atoms with E-state index >= 15 is 0 Å². The number of rotatable bonds is 4. The third-order valence-corrected chi connectivity index (χ3v) is 2.74. The Bertz CT molecular complexity index is 601. The molecule has 0 aliphatic heterocycles. The van der Waals surface area contributed by atoms with Gasteiger partial charge in [-0.05, 0) is 29.3 Å². The van der Waals surface area contributed by atoms with Crippen molar-refractivity contribution in [2.24, 2.45) is 0 Å². The van der Waals surface area contributed by atoms with Gasteiger partial charge >= 0.3 is 0 Å². The molecule has 0 spiro atoms. The molecule has 2 rings (SSSR count). The van der Waals surface area contributed by atoms with E-state index in [9.17, 15) is 0 Å². The Morgan fingerprint density at radius 3 is 2.37 bits per heavy atom. The number of nitrogen functional groups attached to an aromatic ring is 1. The maximum absolute atomic E-state index is 8.95. The fraction of sp³-hybridized carbons (Fsp3) is 0.133. The van der Waals surface area contributed by atoms with Crippen molar-refractivity contribution in [3.8, 4) is 11.8 Å². The van der Waals surface area contributed by atoms with Crippen molar-refractivity contribution < 1.29 is 9.84 Å². The molecule has 0 radical (unpaired) electrons. The fourth-order valence-electron chi connectivity index (χ4n) is 1.65. The maximum atomic E-state index is 8.95. The van der Waals surface area contributed by atoms with Gasteiger partial charge in [0, 0.05) is 0 Å². The molecule has 0 saturated carbocycles. The molecule has 96 valence electrons. The van der Waals surface area contributed by atoms with Gasteiger partial charge in [0.05, 0.1) is 23.9 Å². The first kappa shape index (κ1) is 12.9. The average molecular weight is 254 g/mol. The van der Waals surface area contributed by atoms with Gasteiger partial charge in [-0.2, -0.15) is 5.26 Å². The molecule has 0 heterocycles. The van der Waals surface area contributed by atoms with Crippen molar-refractivity contribution in [1.82, 2.24) is 0 Å². The summed E-state index contributed by atoms with van der Waals surface area (Å²) in [5, 5.41) is 17.7. The molecular weight excluding hydrogens is 240 g/mol.